The number of carbonyl (C=O) groups excluding carboxylic acids is 1. The molecule has 23 heavy (non-hydrogen) atoms. The number of hydrogen-bond acceptors (Lipinski definition) is 4. The van der Waals surface area contributed by atoms with E-state index in [1.807, 2.05) is 38.1 Å². The molecule has 1 atom stereocenters. The van der Waals surface area contributed by atoms with Gasteiger partial charge in [-0.3, -0.25) is 4.79 Å². The molecule has 0 radical (unpaired) electrons. The second-order valence-electron chi connectivity index (χ2n) is 5.07. The molecule has 0 aliphatic rings. The lowest BCUT2D eigenvalue weighted by atomic mass is 10.2. The van der Waals surface area contributed by atoms with Crippen LogP contribution in [0.2, 0.25) is 0 Å². The van der Waals surface area contributed by atoms with E-state index >= 15 is 0 Å². The number of aryl methyl sites for hydroxylation is 1. The molecule has 0 bridgehead atoms. The Morgan fingerprint density at radius 3 is 2.61 bits per heavy atom. The number of carboxylic acids is 1. The summed E-state index contributed by atoms with van der Waals surface area (Å²) in [5.74, 6) is -0.471. The first-order chi connectivity index (χ1) is 11.0. The number of ether oxygens (including phenoxy) is 1. The van der Waals surface area contributed by atoms with Gasteiger partial charge in [-0.2, -0.15) is 0 Å². The van der Waals surface area contributed by atoms with Gasteiger partial charge in [0.05, 0.1) is 6.54 Å². The topological polar surface area (TPSA) is 75.6 Å². The lowest BCUT2D eigenvalue weighted by Crippen LogP contribution is -2.37. The lowest BCUT2D eigenvalue weighted by molar-refractivity contribution is -0.128. The van der Waals surface area contributed by atoms with E-state index in [0.29, 0.717) is 18.7 Å². The predicted octanol–water partition coefficient (Wildman–Crippen LogP) is 3.23. The molecule has 2 rings (SSSR count). The molecule has 0 aliphatic carbocycles. The zero-order chi connectivity index (χ0) is 16.8. The van der Waals surface area contributed by atoms with Crippen molar-refractivity contribution < 1.29 is 19.4 Å². The third-order valence-electron chi connectivity index (χ3n) is 3.34. The molecule has 6 heteroatoms. The fourth-order valence-corrected chi connectivity index (χ4v) is 2.83. The van der Waals surface area contributed by atoms with E-state index in [2.05, 4.69) is 5.32 Å². The highest BCUT2D eigenvalue weighted by Crippen LogP contribution is 2.19. The van der Waals surface area contributed by atoms with Crippen molar-refractivity contribution in [3.05, 3.63) is 51.7 Å². The van der Waals surface area contributed by atoms with Crippen LogP contribution < -0.4 is 10.1 Å². The van der Waals surface area contributed by atoms with Crippen molar-refractivity contribution in [3.63, 3.8) is 0 Å². The summed E-state index contributed by atoms with van der Waals surface area (Å²) >= 11 is 1.15. The lowest BCUT2D eigenvalue weighted by Gasteiger charge is -2.18. The van der Waals surface area contributed by atoms with Crippen LogP contribution in [0.4, 0.5) is 0 Å². The SMILES string of the molecule is CCC(Oc1ccccc1C)C(=O)NCc1ccc(C(=O)O)s1. The molecule has 1 amide bonds. The molecule has 1 unspecified atom stereocenters. The number of amides is 1. The first kappa shape index (κ1) is 17.0. The summed E-state index contributed by atoms with van der Waals surface area (Å²) in [4.78, 5) is 24.2. The molecule has 0 saturated heterocycles. The van der Waals surface area contributed by atoms with Gasteiger partial charge in [-0.15, -0.1) is 11.3 Å². The van der Waals surface area contributed by atoms with Gasteiger partial charge in [0.2, 0.25) is 0 Å². The summed E-state index contributed by atoms with van der Waals surface area (Å²) in [5.41, 5.74) is 0.975. The molecule has 1 aromatic carbocycles. The molecule has 1 heterocycles. The number of para-hydroxylation sites is 1. The van der Waals surface area contributed by atoms with Gasteiger partial charge in [0, 0.05) is 4.88 Å². The van der Waals surface area contributed by atoms with E-state index in [9.17, 15) is 9.59 Å². The van der Waals surface area contributed by atoms with Crippen LogP contribution in [0.25, 0.3) is 0 Å². The van der Waals surface area contributed by atoms with Crippen LogP contribution in [-0.2, 0) is 11.3 Å². The summed E-state index contributed by atoms with van der Waals surface area (Å²) in [6, 6.07) is 10.8. The molecule has 0 aliphatic heterocycles. The highest BCUT2D eigenvalue weighted by atomic mass is 32.1. The Morgan fingerprint density at radius 1 is 1.26 bits per heavy atom. The van der Waals surface area contributed by atoms with Crippen LogP contribution >= 0.6 is 11.3 Å². The highest BCUT2D eigenvalue weighted by molar-refractivity contribution is 7.13. The van der Waals surface area contributed by atoms with Gasteiger partial charge < -0.3 is 15.2 Å². The van der Waals surface area contributed by atoms with E-state index in [4.69, 9.17) is 9.84 Å². The second kappa shape index (κ2) is 7.78. The number of benzene rings is 1. The molecule has 122 valence electrons. The second-order valence-corrected chi connectivity index (χ2v) is 6.24. The van der Waals surface area contributed by atoms with Crippen molar-refractivity contribution in [2.24, 2.45) is 0 Å². The Kier molecular flexibility index (Phi) is 5.76. The van der Waals surface area contributed by atoms with E-state index < -0.39 is 12.1 Å². The summed E-state index contributed by atoms with van der Waals surface area (Å²) in [6.45, 7) is 4.11. The largest absolute Gasteiger partial charge is 0.480 e. The number of carbonyl (C=O) groups is 2. The van der Waals surface area contributed by atoms with Crippen LogP contribution in [0, 0.1) is 6.92 Å². The zero-order valence-electron chi connectivity index (χ0n) is 13.0. The zero-order valence-corrected chi connectivity index (χ0v) is 13.9. The maximum atomic E-state index is 12.3. The van der Waals surface area contributed by atoms with Crippen molar-refractivity contribution in [2.45, 2.75) is 32.9 Å². The molecule has 0 fully saturated rings. The molecule has 0 spiro atoms. The molecule has 2 N–H and O–H groups in total. The van der Waals surface area contributed by atoms with Crippen molar-refractivity contribution in [3.8, 4) is 5.75 Å². The van der Waals surface area contributed by atoms with Gasteiger partial charge in [0.1, 0.15) is 10.6 Å². The third-order valence-corrected chi connectivity index (χ3v) is 4.41. The van der Waals surface area contributed by atoms with E-state index in [1.165, 1.54) is 6.07 Å². The summed E-state index contributed by atoms with van der Waals surface area (Å²) in [5, 5.41) is 11.7. The van der Waals surface area contributed by atoms with E-state index in [1.54, 1.807) is 6.07 Å². The summed E-state index contributed by atoms with van der Waals surface area (Å²) in [7, 11) is 0. The highest BCUT2D eigenvalue weighted by Gasteiger charge is 2.19. The number of thiophene rings is 1. The fraction of sp³-hybridized carbons (Fsp3) is 0.294. The minimum Gasteiger partial charge on any atom is -0.480 e. The van der Waals surface area contributed by atoms with Crippen molar-refractivity contribution in [1.29, 1.82) is 0 Å². The molecule has 0 saturated carbocycles. The van der Waals surface area contributed by atoms with Gasteiger partial charge in [0.25, 0.3) is 5.91 Å². The minimum absolute atomic E-state index is 0.207. The van der Waals surface area contributed by atoms with Gasteiger partial charge in [-0.1, -0.05) is 25.1 Å². The smallest absolute Gasteiger partial charge is 0.345 e. The Hall–Kier alpha value is -2.34. The Morgan fingerprint density at radius 2 is 2.00 bits per heavy atom. The molecule has 2 aromatic rings. The van der Waals surface area contributed by atoms with Crippen molar-refractivity contribution in [1.82, 2.24) is 5.32 Å². The average molecular weight is 333 g/mol. The summed E-state index contributed by atoms with van der Waals surface area (Å²) < 4.78 is 5.79. The van der Waals surface area contributed by atoms with Crippen molar-refractivity contribution >= 4 is 23.2 Å². The fourth-order valence-electron chi connectivity index (χ4n) is 2.04. The average Bonchev–Trinajstić information content (AvgIpc) is 3.01. The number of nitrogens with one attached hydrogen (secondary N) is 1. The van der Waals surface area contributed by atoms with Gasteiger partial charge in [0.15, 0.2) is 6.10 Å². The number of hydrogen-bond donors (Lipinski definition) is 2. The minimum atomic E-state index is -0.957. The van der Waals surface area contributed by atoms with Crippen LogP contribution in [0.3, 0.4) is 0 Å². The number of aromatic carboxylic acids is 1. The van der Waals surface area contributed by atoms with Crippen LogP contribution in [0.5, 0.6) is 5.75 Å². The first-order valence-electron chi connectivity index (χ1n) is 7.33. The van der Waals surface area contributed by atoms with Gasteiger partial charge in [-0.25, -0.2) is 4.79 Å². The van der Waals surface area contributed by atoms with E-state index in [0.717, 1.165) is 21.8 Å². The Bertz CT molecular complexity index is 695. The molecular weight excluding hydrogens is 314 g/mol. The summed E-state index contributed by atoms with van der Waals surface area (Å²) in [6.07, 6.45) is -0.0275. The van der Waals surface area contributed by atoms with Crippen LogP contribution in [-0.4, -0.2) is 23.1 Å². The molecular formula is C17H19NO4S. The van der Waals surface area contributed by atoms with E-state index in [-0.39, 0.29) is 10.8 Å². The normalized spacial score (nSPS) is 11.7. The Balaban J connectivity index is 1.94. The predicted molar refractivity (Wildman–Crippen MR) is 89.0 cm³/mol. The first-order valence-corrected chi connectivity index (χ1v) is 8.15. The molecule has 5 nitrogen and oxygen atoms in total. The monoisotopic (exact) mass is 333 g/mol. The maximum absolute atomic E-state index is 12.3. The third kappa shape index (κ3) is 4.56. The van der Waals surface area contributed by atoms with Crippen LogP contribution in [0.15, 0.2) is 36.4 Å². The maximum Gasteiger partial charge on any atom is 0.345 e. The quantitative estimate of drug-likeness (QED) is 0.816. The van der Waals surface area contributed by atoms with Gasteiger partial charge >= 0.3 is 5.97 Å². The molecule has 1 aromatic heterocycles. The number of carboxylic acid groups (broad SMARTS) is 1. The van der Waals surface area contributed by atoms with Gasteiger partial charge in [-0.05, 0) is 37.1 Å². The standard InChI is InChI=1S/C17H19NO4S/c1-3-13(22-14-7-5-4-6-11(14)2)16(19)18-10-12-8-9-15(23-12)17(20)21/h4-9,13H,3,10H2,1-2H3,(H,18,19)(H,20,21). The van der Waals surface area contributed by atoms with Crippen molar-refractivity contribution in [2.75, 3.05) is 0 Å². The Labute approximate surface area is 138 Å². The van der Waals surface area contributed by atoms with Crippen LogP contribution in [0.1, 0.15) is 33.5 Å². The number of rotatable bonds is 7.